The predicted molar refractivity (Wildman–Crippen MR) is 86.1 cm³/mol. The minimum absolute atomic E-state index is 0.624. The van der Waals surface area contributed by atoms with Crippen molar-refractivity contribution >= 4 is 17.3 Å². The van der Waals surface area contributed by atoms with E-state index < -0.39 is 0 Å². The molecule has 0 saturated carbocycles. The van der Waals surface area contributed by atoms with Gasteiger partial charge in [-0.1, -0.05) is 12.1 Å². The Balaban J connectivity index is 1.63. The van der Waals surface area contributed by atoms with Crippen LogP contribution in [0.15, 0.2) is 30.6 Å². The molecule has 0 atom stereocenters. The Morgan fingerprint density at radius 3 is 3.27 bits per heavy atom. The van der Waals surface area contributed by atoms with Crippen molar-refractivity contribution in [3.05, 3.63) is 47.4 Å². The summed E-state index contributed by atoms with van der Waals surface area (Å²) in [6.45, 7) is 3.80. The van der Waals surface area contributed by atoms with Gasteiger partial charge in [-0.2, -0.15) is 14.6 Å². The number of rotatable bonds is 3. The molecule has 1 aliphatic heterocycles. The van der Waals surface area contributed by atoms with Crippen molar-refractivity contribution in [2.45, 2.75) is 26.3 Å². The van der Waals surface area contributed by atoms with Crippen LogP contribution < -0.4 is 10.6 Å². The second-order valence-electron chi connectivity index (χ2n) is 5.58. The van der Waals surface area contributed by atoms with E-state index in [1.54, 1.807) is 4.52 Å². The van der Waals surface area contributed by atoms with Gasteiger partial charge in [0, 0.05) is 30.5 Å². The molecule has 0 aliphatic carbocycles. The molecule has 0 fully saturated rings. The van der Waals surface area contributed by atoms with E-state index in [9.17, 15) is 0 Å². The van der Waals surface area contributed by atoms with E-state index in [-0.39, 0.29) is 0 Å². The number of anilines is 2. The van der Waals surface area contributed by atoms with Gasteiger partial charge in [-0.3, -0.25) is 0 Å². The van der Waals surface area contributed by atoms with Crippen LogP contribution in [0.3, 0.4) is 0 Å². The lowest BCUT2D eigenvalue weighted by Crippen LogP contribution is -2.15. The van der Waals surface area contributed by atoms with Crippen LogP contribution in [0.1, 0.15) is 23.2 Å². The fourth-order valence-electron chi connectivity index (χ4n) is 2.99. The summed E-state index contributed by atoms with van der Waals surface area (Å²) in [5.41, 5.74) is 4.94. The zero-order valence-electron chi connectivity index (χ0n) is 12.5. The van der Waals surface area contributed by atoms with Gasteiger partial charge >= 0.3 is 0 Å². The monoisotopic (exact) mass is 294 g/mol. The van der Waals surface area contributed by atoms with Crippen LogP contribution in [0.5, 0.6) is 0 Å². The summed E-state index contributed by atoms with van der Waals surface area (Å²) >= 11 is 0. The molecule has 4 rings (SSSR count). The first-order valence-corrected chi connectivity index (χ1v) is 7.57. The van der Waals surface area contributed by atoms with E-state index >= 15 is 0 Å². The lowest BCUT2D eigenvalue weighted by Gasteiger charge is -2.21. The molecule has 0 bridgehead atoms. The molecule has 0 radical (unpaired) electrons. The zero-order chi connectivity index (χ0) is 14.9. The van der Waals surface area contributed by atoms with Crippen molar-refractivity contribution in [2.75, 3.05) is 17.2 Å². The lowest BCUT2D eigenvalue weighted by atomic mass is 9.97. The molecular formula is C16H18N6. The number of nitrogens with one attached hydrogen (secondary N) is 2. The van der Waals surface area contributed by atoms with Crippen molar-refractivity contribution in [1.82, 2.24) is 19.6 Å². The summed E-state index contributed by atoms with van der Waals surface area (Å²) in [7, 11) is 0. The minimum atomic E-state index is 0.624. The van der Waals surface area contributed by atoms with Crippen LogP contribution in [0.2, 0.25) is 0 Å². The first-order chi connectivity index (χ1) is 10.8. The summed E-state index contributed by atoms with van der Waals surface area (Å²) in [6, 6.07) is 8.45. The summed E-state index contributed by atoms with van der Waals surface area (Å²) < 4.78 is 1.74. The van der Waals surface area contributed by atoms with Gasteiger partial charge in [-0.05, 0) is 37.0 Å². The normalized spacial score (nSPS) is 13.7. The summed E-state index contributed by atoms with van der Waals surface area (Å²) in [6.07, 6.45) is 3.85. The Morgan fingerprint density at radius 2 is 2.32 bits per heavy atom. The van der Waals surface area contributed by atoms with E-state index in [2.05, 4.69) is 43.9 Å². The maximum atomic E-state index is 4.36. The lowest BCUT2D eigenvalue weighted by molar-refractivity contribution is 0.816. The Morgan fingerprint density at radius 1 is 1.36 bits per heavy atom. The minimum Gasteiger partial charge on any atom is -0.385 e. The molecule has 0 unspecified atom stereocenters. The average molecular weight is 294 g/mol. The number of fused-ring (bicyclic) bond motifs is 2. The maximum Gasteiger partial charge on any atom is 0.254 e. The third-order valence-corrected chi connectivity index (χ3v) is 4.03. The van der Waals surface area contributed by atoms with Gasteiger partial charge in [0.25, 0.3) is 5.78 Å². The summed E-state index contributed by atoms with van der Waals surface area (Å²) in [4.78, 5) is 8.52. The molecule has 3 aromatic rings. The smallest absolute Gasteiger partial charge is 0.254 e. The van der Waals surface area contributed by atoms with Crippen molar-refractivity contribution in [1.29, 1.82) is 0 Å². The topological polar surface area (TPSA) is 67.1 Å². The predicted octanol–water partition coefficient (Wildman–Crippen LogP) is 2.40. The van der Waals surface area contributed by atoms with E-state index in [1.807, 2.05) is 13.0 Å². The van der Waals surface area contributed by atoms with Crippen LogP contribution in [-0.4, -0.2) is 26.1 Å². The maximum absolute atomic E-state index is 4.36. The molecule has 0 saturated heterocycles. The van der Waals surface area contributed by atoms with Crippen molar-refractivity contribution < 1.29 is 0 Å². The molecule has 22 heavy (non-hydrogen) atoms. The number of aryl methyl sites for hydroxylation is 1. The average Bonchev–Trinajstić information content (AvgIpc) is 3.00. The first-order valence-electron chi connectivity index (χ1n) is 7.57. The Hall–Kier alpha value is -2.63. The van der Waals surface area contributed by atoms with Gasteiger partial charge in [-0.25, -0.2) is 4.98 Å². The largest absolute Gasteiger partial charge is 0.385 e. The van der Waals surface area contributed by atoms with Gasteiger partial charge in [0.15, 0.2) is 0 Å². The standard InChI is InChI=1S/C16H18N6/c1-11-8-15(22-16(21-11)19-10-20-22)18-9-12-4-2-6-14-13(12)5-3-7-17-14/h2,4,6,8,10,17-18H,3,5,7,9H2,1H3. The highest BCUT2D eigenvalue weighted by Gasteiger charge is 2.13. The van der Waals surface area contributed by atoms with E-state index in [0.717, 1.165) is 31.0 Å². The van der Waals surface area contributed by atoms with Gasteiger partial charge in [0.1, 0.15) is 12.1 Å². The van der Waals surface area contributed by atoms with E-state index in [4.69, 9.17) is 0 Å². The van der Waals surface area contributed by atoms with Crippen LogP contribution in [0, 0.1) is 6.92 Å². The SMILES string of the molecule is Cc1cc(NCc2cccc3c2CCCN3)n2ncnc2n1. The molecule has 0 amide bonds. The molecule has 2 aromatic heterocycles. The molecule has 2 N–H and O–H groups in total. The van der Waals surface area contributed by atoms with Crippen LogP contribution in [-0.2, 0) is 13.0 Å². The summed E-state index contributed by atoms with van der Waals surface area (Å²) in [5, 5.41) is 11.2. The van der Waals surface area contributed by atoms with E-state index in [1.165, 1.54) is 29.6 Å². The van der Waals surface area contributed by atoms with Gasteiger partial charge in [0.2, 0.25) is 0 Å². The Labute approximate surface area is 128 Å². The fraction of sp³-hybridized carbons (Fsp3) is 0.312. The molecule has 3 heterocycles. The highest BCUT2D eigenvalue weighted by atomic mass is 15.3. The highest BCUT2D eigenvalue weighted by molar-refractivity contribution is 5.57. The first kappa shape index (κ1) is 13.1. The molecule has 6 nitrogen and oxygen atoms in total. The van der Waals surface area contributed by atoms with Gasteiger partial charge in [-0.15, -0.1) is 0 Å². The number of nitrogens with zero attached hydrogens (tertiary/aromatic N) is 4. The molecule has 0 spiro atoms. The second-order valence-corrected chi connectivity index (χ2v) is 5.58. The molecule has 6 heteroatoms. The zero-order valence-corrected chi connectivity index (χ0v) is 12.5. The second kappa shape index (κ2) is 5.29. The quantitative estimate of drug-likeness (QED) is 0.776. The van der Waals surface area contributed by atoms with Crippen LogP contribution in [0.25, 0.3) is 5.78 Å². The molecule has 1 aromatic carbocycles. The molecule has 112 valence electrons. The number of hydrogen-bond acceptors (Lipinski definition) is 5. The molecule has 1 aliphatic rings. The molecular weight excluding hydrogens is 276 g/mol. The Bertz CT molecular complexity index is 823. The van der Waals surface area contributed by atoms with E-state index in [0.29, 0.717) is 5.78 Å². The third-order valence-electron chi connectivity index (χ3n) is 4.03. The third kappa shape index (κ3) is 2.26. The van der Waals surface area contributed by atoms with Crippen molar-refractivity contribution in [3.8, 4) is 0 Å². The van der Waals surface area contributed by atoms with Gasteiger partial charge < -0.3 is 10.6 Å². The Kier molecular flexibility index (Phi) is 3.14. The van der Waals surface area contributed by atoms with Gasteiger partial charge in [0.05, 0.1) is 0 Å². The summed E-state index contributed by atoms with van der Waals surface area (Å²) in [5.74, 6) is 1.54. The number of aromatic nitrogens is 4. The fourth-order valence-corrected chi connectivity index (χ4v) is 2.99. The van der Waals surface area contributed by atoms with Crippen molar-refractivity contribution in [2.24, 2.45) is 0 Å². The van der Waals surface area contributed by atoms with Crippen LogP contribution >= 0.6 is 0 Å². The highest BCUT2D eigenvalue weighted by Crippen LogP contribution is 2.26. The van der Waals surface area contributed by atoms with Crippen molar-refractivity contribution in [3.63, 3.8) is 0 Å². The number of hydrogen-bond donors (Lipinski definition) is 2. The number of benzene rings is 1. The van der Waals surface area contributed by atoms with Crippen LogP contribution in [0.4, 0.5) is 11.5 Å².